The Labute approximate surface area is 139 Å². The number of aromatic amines is 2. The molecule has 2 rings (SSSR count). The largest absolute Gasteiger partial charge is 0.461 e. The van der Waals surface area contributed by atoms with Crippen molar-refractivity contribution in [2.75, 3.05) is 25.6 Å². The molecular formula is C15H23N5O4. The molecule has 9 nitrogen and oxygen atoms in total. The van der Waals surface area contributed by atoms with E-state index in [1.807, 2.05) is 0 Å². The number of imidazole rings is 1. The van der Waals surface area contributed by atoms with Gasteiger partial charge in [-0.25, -0.2) is 4.79 Å². The predicted molar refractivity (Wildman–Crippen MR) is 89.3 cm³/mol. The quantitative estimate of drug-likeness (QED) is 0.566. The first-order valence-electron chi connectivity index (χ1n) is 8.05. The molecule has 0 aromatic carbocycles. The summed E-state index contributed by atoms with van der Waals surface area (Å²) in [6.45, 7) is 2.76. The summed E-state index contributed by atoms with van der Waals surface area (Å²) in [5.74, 6) is 0.0715. The van der Waals surface area contributed by atoms with Crippen LogP contribution in [0.15, 0.2) is 4.79 Å². The number of nitrogens with zero attached hydrogens (tertiary/aromatic N) is 2. The van der Waals surface area contributed by atoms with Crippen LogP contribution in [-0.4, -0.2) is 46.2 Å². The summed E-state index contributed by atoms with van der Waals surface area (Å²) in [6.07, 6.45) is 4.44. The van der Waals surface area contributed by atoms with Crippen LogP contribution in [0.5, 0.6) is 6.01 Å². The smallest absolute Gasteiger partial charge is 0.325 e. The summed E-state index contributed by atoms with van der Waals surface area (Å²) in [6, 6.07) is 0.0658. The predicted octanol–water partition coefficient (Wildman–Crippen LogP) is 1.58. The molecule has 0 fully saturated rings. The van der Waals surface area contributed by atoms with Crippen molar-refractivity contribution in [1.29, 1.82) is 0 Å². The van der Waals surface area contributed by atoms with Gasteiger partial charge in [-0.3, -0.25) is 9.78 Å². The fraction of sp³-hybridized carbons (Fsp3) is 0.600. The molecule has 0 saturated carbocycles. The number of H-pyrrole nitrogens is 2. The first-order valence-corrected chi connectivity index (χ1v) is 8.05. The van der Waals surface area contributed by atoms with Crippen molar-refractivity contribution in [3.05, 3.63) is 10.5 Å². The number of hydrogen-bond acceptors (Lipinski definition) is 6. The second-order valence-corrected chi connectivity index (χ2v) is 5.36. The van der Waals surface area contributed by atoms with E-state index in [-0.39, 0.29) is 30.0 Å². The van der Waals surface area contributed by atoms with Gasteiger partial charge in [0.15, 0.2) is 11.5 Å². The van der Waals surface area contributed by atoms with Crippen LogP contribution in [0.2, 0.25) is 0 Å². The zero-order chi connectivity index (χ0) is 17.4. The van der Waals surface area contributed by atoms with E-state index in [1.165, 1.54) is 0 Å². The number of fused-ring (bicyclic) bond motifs is 1. The van der Waals surface area contributed by atoms with Gasteiger partial charge in [0, 0.05) is 13.5 Å². The monoisotopic (exact) mass is 337 g/mol. The summed E-state index contributed by atoms with van der Waals surface area (Å²) in [5.41, 5.74) is 0.205. The maximum Gasteiger partial charge on any atom is 0.325 e. The molecular weight excluding hydrogens is 314 g/mol. The lowest BCUT2D eigenvalue weighted by Crippen LogP contribution is -2.14. The summed E-state index contributed by atoms with van der Waals surface area (Å²) in [5, 5.41) is 2.71. The van der Waals surface area contributed by atoms with Gasteiger partial charge < -0.3 is 19.8 Å². The van der Waals surface area contributed by atoms with E-state index in [1.54, 1.807) is 7.11 Å². The third-order valence-electron chi connectivity index (χ3n) is 3.39. The number of unbranched alkanes of at least 4 members (excludes halogenated alkanes) is 3. The molecule has 0 bridgehead atoms. The van der Waals surface area contributed by atoms with E-state index in [2.05, 4.69) is 32.2 Å². The minimum Gasteiger partial charge on any atom is -0.461 e. The van der Waals surface area contributed by atoms with Crippen LogP contribution < -0.4 is 15.7 Å². The van der Waals surface area contributed by atoms with E-state index < -0.39 is 5.69 Å². The normalized spacial score (nSPS) is 10.9. The highest BCUT2D eigenvalue weighted by Crippen LogP contribution is 2.19. The van der Waals surface area contributed by atoms with Gasteiger partial charge in [-0.2, -0.15) is 9.97 Å². The van der Waals surface area contributed by atoms with Crippen molar-refractivity contribution in [2.24, 2.45) is 0 Å². The number of nitrogens with one attached hydrogen (secondary N) is 3. The Morgan fingerprint density at radius 2 is 2.00 bits per heavy atom. The van der Waals surface area contributed by atoms with Gasteiger partial charge in [0.1, 0.15) is 12.1 Å². The molecule has 2 aromatic heterocycles. The molecule has 0 aliphatic heterocycles. The van der Waals surface area contributed by atoms with Gasteiger partial charge in [0.2, 0.25) is 5.91 Å². The van der Waals surface area contributed by atoms with Crippen LogP contribution in [-0.2, 0) is 9.53 Å². The van der Waals surface area contributed by atoms with Crippen LogP contribution in [0, 0.1) is 0 Å². The Kier molecular flexibility index (Phi) is 6.74. The fourth-order valence-electron chi connectivity index (χ4n) is 2.18. The molecule has 0 aliphatic rings. The van der Waals surface area contributed by atoms with Crippen molar-refractivity contribution in [3.63, 3.8) is 0 Å². The maximum absolute atomic E-state index is 12.1. The average molecular weight is 337 g/mol. The molecule has 1 amide bonds. The van der Waals surface area contributed by atoms with Crippen LogP contribution in [0.25, 0.3) is 11.2 Å². The molecule has 132 valence electrons. The molecule has 0 atom stereocenters. The van der Waals surface area contributed by atoms with Crippen molar-refractivity contribution in [3.8, 4) is 6.01 Å². The van der Waals surface area contributed by atoms with E-state index >= 15 is 0 Å². The molecule has 9 heteroatoms. The molecule has 0 aliphatic carbocycles. The Hall–Kier alpha value is -2.42. The number of ether oxygens (including phenoxy) is 2. The summed E-state index contributed by atoms with van der Waals surface area (Å²) >= 11 is 0. The lowest BCUT2D eigenvalue weighted by molar-refractivity contribution is -0.116. The lowest BCUT2D eigenvalue weighted by Gasteiger charge is -2.08. The summed E-state index contributed by atoms with van der Waals surface area (Å²) in [7, 11) is 1.56. The average Bonchev–Trinajstić information content (AvgIpc) is 2.92. The molecule has 2 heterocycles. The third-order valence-corrected chi connectivity index (χ3v) is 3.39. The highest BCUT2D eigenvalue weighted by Gasteiger charge is 2.14. The number of hydrogen-bond donors (Lipinski definition) is 3. The highest BCUT2D eigenvalue weighted by molar-refractivity contribution is 5.96. The summed E-state index contributed by atoms with van der Waals surface area (Å²) in [4.78, 5) is 36.9. The Morgan fingerprint density at radius 1 is 1.17 bits per heavy atom. The molecule has 3 N–H and O–H groups in total. The van der Waals surface area contributed by atoms with Crippen molar-refractivity contribution in [1.82, 2.24) is 19.9 Å². The van der Waals surface area contributed by atoms with Gasteiger partial charge in [-0.1, -0.05) is 26.2 Å². The molecule has 0 unspecified atom stereocenters. The minimum absolute atomic E-state index is 0.0658. The van der Waals surface area contributed by atoms with Crippen molar-refractivity contribution in [2.45, 2.75) is 39.0 Å². The summed E-state index contributed by atoms with van der Waals surface area (Å²) < 4.78 is 10.3. The zero-order valence-corrected chi connectivity index (χ0v) is 14.0. The minimum atomic E-state index is -0.424. The number of amides is 1. The molecule has 0 radical (unpaired) electrons. The fourth-order valence-corrected chi connectivity index (χ4v) is 2.18. The molecule has 0 saturated heterocycles. The number of carbonyl (C=O) groups excluding carboxylic acids is 1. The van der Waals surface area contributed by atoms with Gasteiger partial charge in [-0.05, 0) is 6.42 Å². The molecule has 2 aromatic rings. The number of methoxy groups -OCH3 is 1. The highest BCUT2D eigenvalue weighted by atomic mass is 16.5. The Morgan fingerprint density at radius 3 is 2.75 bits per heavy atom. The Balaban J connectivity index is 2.11. The van der Waals surface area contributed by atoms with Gasteiger partial charge in [0.25, 0.3) is 0 Å². The van der Waals surface area contributed by atoms with Crippen LogP contribution in [0.1, 0.15) is 39.0 Å². The second-order valence-electron chi connectivity index (χ2n) is 5.36. The van der Waals surface area contributed by atoms with E-state index in [4.69, 9.17) is 9.47 Å². The van der Waals surface area contributed by atoms with Gasteiger partial charge in [0.05, 0.1) is 6.61 Å². The topological polar surface area (TPSA) is 122 Å². The standard InChI is InChI=1S/C15H23N5O4/c1-3-4-5-6-7-10(21)16-12-11-13(18-14(22)17-11)20-15(19-12)24-9-8-23-2/h3-9H2,1-2H3,(H3,16,17,18,19,20,21,22). The molecule has 0 spiro atoms. The van der Waals surface area contributed by atoms with Crippen LogP contribution >= 0.6 is 0 Å². The number of anilines is 1. The third kappa shape index (κ3) is 5.05. The zero-order valence-electron chi connectivity index (χ0n) is 14.0. The van der Waals surface area contributed by atoms with Crippen LogP contribution in [0.4, 0.5) is 5.82 Å². The van der Waals surface area contributed by atoms with Gasteiger partial charge >= 0.3 is 11.7 Å². The van der Waals surface area contributed by atoms with Crippen LogP contribution in [0.3, 0.4) is 0 Å². The van der Waals surface area contributed by atoms with E-state index in [0.717, 1.165) is 25.7 Å². The maximum atomic E-state index is 12.1. The van der Waals surface area contributed by atoms with Crippen molar-refractivity contribution < 1.29 is 14.3 Å². The first-order chi connectivity index (χ1) is 11.6. The van der Waals surface area contributed by atoms with Gasteiger partial charge in [-0.15, -0.1) is 0 Å². The van der Waals surface area contributed by atoms with E-state index in [0.29, 0.717) is 18.5 Å². The SMILES string of the molecule is CCCCCCC(=O)Nc1nc(OCCOC)nc2[nH]c(=O)[nH]c12. The number of carbonyl (C=O) groups is 1. The molecule has 24 heavy (non-hydrogen) atoms. The van der Waals surface area contributed by atoms with Crippen molar-refractivity contribution >= 4 is 22.9 Å². The number of rotatable bonds is 10. The number of aromatic nitrogens is 4. The second kappa shape index (κ2) is 9.02. The van der Waals surface area contributed by atoms with E-state index in [9.17, 15) is 9.59 Å². The first kappa shape index (κ1) is 17.9. The Bertz CT molecular complexity index is 724. The lowest BCUT2D eigenvalue weighted by atomic mass is 10.1.